The highest BCUT2D eigenvalue weighted by atomic mass is 79.9. The number of benzene rings is 1. The average Bonchev–Trinajstić information content (AvgIpc) is 2.29. The van der Waals surface area contributed by atoms with Gasteiger partial charge in [0.1, 0.15) is 0 Å². The molecule has 0 fully saturated rings. The summed E-state index contributed by atoms with van der Waals surface area (Å²) in [6.07, 6.45) is 3.66. The van der Waals surface area contributed by atoms with Crippen LogP contribution in [0.3, 0.4) is 0 Å². The van der Waals surface area contributed by atoms with E-state index >= 15 is 0 Å². The maximum absolute atomic E-state index is 5.92. The highest BCUT2D eigenvalue weighted by molar-refractivity contribution is 9.10. The first-order chi connectivity index (χ1) is 7.75. The van der Waals surface area contributed by atoms with Gasteiger partial charge >= 0.3 is 0 Å². The number of hydrogen-bond acceptors (Lipinski definition) is 3. The molecule has 4 heteroatoms. The van der Waals surface area contributed by atoms with Gasteiger partial charge < -0.3 is 5.73 Å². The summed E-state index contributed by atoms with van der Waals surface area (Å²) in [6, 6.07) is 9.96. The highest BCUT2D eigenvalue weighted by Crippen LogP contribution is 2.29. The Kier molecular flexibility index (Phi) is 3.85. The SMILES string of the molecule is Nc1cc(Br)ccc1SCc1cccnc1. The van der Waals surface area contributed by atoms with Crippen LogP contribution in [0.5, 0.6) is 0 Å². The second-order valence-electron chi connectivity index (χ2n) is 3.33. The van der Waals surface area contributed by atoms with Crippen molar-refractivity contribution in [1.29, 1.82) is 0 Å². The summed E-state index contributed by atoms with van der Waals surface area (Å²) in [4.78, 5) is 5.19. The molecule has 1 heterocycles. The standard InChI is InChI=1S/C12H11BrN2S/c13-10-3-4-12(11(14)6-10)16-8-9-2-1-5-15-7-9/h1-7H,8,14H2. The minimum atomic E-state index is 0.809. The minimum absolute atomic E-state index is 0.809. The lowest BCUT2D eigenvalue weighted by Gasteiger charge is -2.05. The van der Waals surface area contributed by atoms with Gasteiger partial charge in [0.2, 0.25) is 0 Å². The predicted molar refractivity (Wildman–Crippen MR) is 72.4 cm³/mol. The molecule has 0 saturated carbocycles. The van der Waals surface area contributed by atoms with Crippen LogP contribution in [-0.2, 0) is 5.75 Å². The van der Waals surface area contributed by atoms with Gasteiger partial charge in [-0.1, -0.05) is 22.0 Å². The molecule has 0 spiro atoms. The molecular formula is C12H11BrN2S. The van der Waals surface area contributed by atoms with Crippen LogP contribution in [0.25, 0.3) is 0 Å². The van der Waals surface area contributed by atoms with Crippen LogP contribution in [0.4, 0.5) is 5.69 Å². The first-order valence-corrected chi connectivity index (χ1v) is 6.60. The van der Waals surface area contributed by atoms with Crippen molar-refractivity contribution < 1.29 is 0 Å². The normalized spacial score (nSPS) is 10.3. The van der Waals surface area contributed by atoms with Gasteiger partial charge in [-0.2, -0.15) is 0 Å². The van der Waals surface area contributed by atoms with Gasteiger partial charge in [0.15, 0.2) is 0 Å². The van der Waals surface area contributed by atoms with E-state index in [0.717, 1.165) is 20.8 Å². The van der Waals surface area contributed by atoms with E-state index in [1.807, 2.05) is 30.5 Å². The van der Waals surface area contributed by atoms with Gasteiger partial charge in [-0.15, -0.1) is 11.8 Å². The molecule has 0 aliphatic heterocycles. The third-order valence-electron chi connectivity index (χ3n) is 2.09. The maximum atomic E-state index is 5.92. The summed E-state index contributed by atoms with van der Waals surface area (Å²) in [5.74, 6) is 0.889. The molecule has 1 aromatic carbocycles. The molecule has 16 heavy (non-hydrogen) atoms. The topological polar surface area (TPSA) is 38.9 Å². The van der Waals surface area contributed by atoms with Gasteiger partial charge in [0.05, 0.1) is 0 Å². The molecule has 0 atom stereocenters. The van der Waals surface area contributed by atoms with E-state index in [-0.39, 0.29) is 0 Å². The average molecular weight is 295 g/mol. The molecule has 82 valence electrons. The lowest BCUT2D eigenvalue weighted by Crippen LogP contribution is -1.89. The largest absolute Gasteiger partial charge is 0.398 e. The smallest absolute Gasteiger partial charge is 0.0463 e. The highest BCUT2D eigenvalue weighted by Gasteiger charge is 2.01. The fraction of sp³-hybridized carbons (Fsp3) is 0.0833. The number of anilines is 1. The van der Waals surface area contributed by atoms with Crippen molar-refractivity contribution in [2.75, 3.05) is 5.73 Å². The zero-order valence-corrected chi connectivity index (χ0v) is 11.0. The fourth-order valence-electron chi connectivity index (χ4n) is 1.30. The number of aromatic nitrogens is 1. The van der Waals surface area contributed by atoms with E-state index in [1.165, 1.54) is 5.56 Å². The Balaban J connectivity index is 2.05. The number of nitrogens with two attached hydrogens (primary N) is 1. The van der Waals surface area contributed by atoms with Crippen molar-refractivity contribution in [3.63, 3.8) is 0 Å². The molecule has 0 radical (unpaired) electrons. The van der Waals surface area contributed by atoms with Gasteiger partial charge in [0, 0.05) is 33.2 Å². The van der Waals surface area contributed by atoms with Crippen molar-refractivity contribution in [2.24, 2.45) is 0 Å². The summed E-state index contributed by atoms with van der Waals surface area (Å²) in [5, 5.41) is 0. The van der Waals surface area contributed by atoms with Gasteiger partial charge in [-0.05, 0) is 29.8 Å². The third kappa shape index (κ3) is 3.00. The monoisotopic (exact) mass is 294 g/mol. The molecule has 2 N–H and O–H groups in total. The van der Waals surface area contributed by atoms with E-state index in [9.17, 15) is 0 Å². The number of thioether (sulfide) groups is 1. The Morgan fingerprint density at radius 1 is 1.31 bits per heavy atom. The number of halogens is 1. The van der Waals surface area contributed by atoms with E-state index in [4.69, 9.17) is 5.73 Å². The molecule has 0 aliphatic rings. The van der Waals surface area contributed by atoms with E-state index in [2.05, 4.69) is 27.0 Å². The quantitative estimate of drug-likeness (QED) is 0.693. The number of nitrogens with zero attached hydrogens (tertiary/aromatic N) is 1. The summed E-state index contributed by atoms with van der Waals surface area (Å²) in [5.41, 5.74) is 7.93. The molecule has 0 bridgehead atoms. The Bertz CT molecular complexity index is 474. The zero-order chi connectivity index (χ0) is 11.4. The molecule has 0 saturated heterocycles. The van der Waals surface area contributed by atoms with Crippen LogP contribution in [0, 0.1) is 0 Å². The summed E-state index contributed by atoms with van der Waals surface area (Å²) < 4.78 is 1.01. The van der Waals surface area contributed by atoms with Crippen LogP contribution in [0.15, 0.2) is 52.1 Å². The molecule has 2 aromatic rings. The van der Waals surface area contributed by atoms with Gasteiger partial charge in [-0.25, -0.2) is 0 Å². The number of nitrogen functional groups attached to an aromatic ring is 1. The Hall–Kier alpha value is -1.00. The molecule has 2 rings (SSSR count). The minimum Gasteiger partial charge on any atom is -0.398 e. The molecular weight excluding hydrogens is 284 g/mol. The van der Waals surface area contributed by atoms with Crippen molar-refractivity contribution in [1.82, 2.24) is 4.98 Å². The Morgan fingerprint density at radius 3 is 2.88 bits per heavy atom. The molecule has 0 unspecified atom stereocenters. The van der Waals surface area contributed by atoms with Crippen molar-refractivity contribution in [3.8, 4) is 0 Å². The first kappa shape index (κ1) is 11.5. The predicted octanol–water partition coefficient (Wildman–Crippen LogP) is 3.72. The molecule has 0 amide bonds. The van der Waals surface area contributed by atoms with Crippen molar-refractivity contribution in [3.05, 3.63) is 52.8 Å². The van der Waals surface area contributed by atoms with Crippen LogP contribution < -0.4 is 5.73 Å². The van der Waals surface area contributed by atoms with Gasteiger partial charge in [0.25, 0.3) is 0 Å². The summed E-state index contributed by atoms with van der Waals surface area (Å²) in [6.45, 7) is 0. The fourth-order valence-corrected chi connectivity index (χ4v) is 2.56. The van der Waals surface area contributed by atoms with Crippen molar-refractivity contribution >= 4 is 33.4 Å². The van der Waals surface area contributed by atoms with Crippen LogP contribution in [0.1, 0.15) is 5.56 Å². The van der Waals surface area contributed by atoms with Crippen LogP contribution >= 0.6 is 27.7 Å². The number of rotatable bonds is 3. The summed E-state index contributed by atoms with van der Waals surface area (Å²) >= 11 is 5.12. The molecule has 0 aliphatic carbocycles. The van der Waals surface area contributed by atoms with E-state index in [0.29, 0.717) is 0 Å². The lowest BCUT2D eigenvalue weighted by molar-refractivity contribution is 1.25. The summed E-state index contributed by atoms with van der Waals surface area (Å²) in [7, 11) is 0. The maximum Gasteiger partial charge on any atom is 0.0463 e. The molecule has 1 aromatic heterocycles. The number of pyridine rings is 1. The number of hydrogen-bond donors (Lipinski definition) is 1. The Labute approximate surface area is 107 Å². The van der Waals surface area contributed by atoms with E-state index in [1.54, 1.807) is 18.0 Å². The second-order valence-corrected chi connectivity index (χ2v) is 5.26. The zero-order valence-electron chi connectivity index (χ0n) is 8.56. The molecule has 2 nitrogen and oxygen atoms in total. The van der Waals surface area contributed by atoms with Gasteiger partial charge in [-0.3, -0.25) is 4.98 Å². The van der Waals surface area contributed by atoms with E-state index < -0.39 is 0 Å². The second kappa shape index (κ2) is 5.37. The third-order valence-corrected chi connectivity index (χ3v) is 3.74. The van der Waals surface area contributed by atoms with Crippen molar-refractivity contribution in [2.45, 2.75) is 10.6 Å². The first-order valence-electron chi connectivity index (χ1n) is 4.82. The lowest BCUT2D eigenvalue weighted by atomic mass is 10.3. The van der Waals surface area contributed by atoms with Crippen LogP contribution in [0.2, 0.25) is 0 Å². The Morgan fingerprint density at radius 2 is 2.19 bits per heavy atom. The van der Waals surface area contributed by atoms with Crippen LogP contribution in [-0.4, -0.2) is 4.98 Å².